The lowest BCUT2D eigenvalue weighted by molar-refractivity contribution is -0.123. The molecule has 2 aromatic rings. The van der Waals surface area contributed by atoms with E-state index in [0.29, 0.717) is 12.1 Å². The Morgan fingerprint density at radius 1 is 1.25 bits per heavy atom. The van der Waals surface area contributed by atoms with Gasteiger partial charge in [-0.25, -0.2) is 0 Å². The van der Waals surface area contributed by atoms with E-state index in [4.69, 9.17) is 0 Å². The molecule has 2 amide bonds. The Morgan fingerprint density at radius 2 is 2.00 bits per heavy atom. The molecule has 0 fully saturated rings. The number of hydrogen-bond donors (Lipinski definition) is 2. The molecule has 2 aliphatic rings. The number of rotatable bonds is 2. The highest BCUT2D eigenvalue weighted by atomic mass is 32.1. The molecule has 122 valence electrons. The molecule has 0 unspecified atom stereocenters. The van der Waals surface area contributed by atoms with Crippen molar-refractivity contribution in [2.45, 2.75) is 19.5 Å². The second kappa shape index (κ2) is 4.95. The van der Waals surface area contributed by atoms with Crippen LogP contribution in [0, 0.1) is 13.8 Å². The Bertz CT molecular complexity index is 902. The zero-order valence-corrected chi connectivity index (χ0v) is 14.3. The van der Waals surface area contributed by atoms with Crippen molar-refractivity contribution in [3.8, 4) is 0 Å². The Morgan fingerprint density at radius 3 is 2.75 bits per heavy atom. The van der Waals surface area contributed by atoms with E-state index in [2.05, 4.69) is 17.2 Å². The molecule has 2 aliphatic heterocycles. The molecule has 0 aliphatic carbocycles. The van der Waals surface area contributed by atoms with Crippen molar-refractivity contribution in [1.29, 1.82) is 0 Å². The summed E-state index contributed by atoms with van der Waals surface area (Å²) in [5, 5.41) is 6.99. The number of amides is 2. The number of anilines is 2. The molecule has 0 saturated carbocycles. The third-order valence-electron chi connectivity index (χ3n) is 4.69. The minimum Gasteiger partial charge on any atom is -0.342 e. The number of hydrogen-bond acceptors (Lipinski definition) is 4. The van der Waals surface area contributed by atoms with Crippen LogP contribution >= 0.6 is 11.3 Å². The summed E-state index contributed by atoms with van der Waals surface area (Å²) in [6, 6.07) is 7.53. The standard InChI is InChI=1S/C18H17N3O2S/c1-4-9-21-13-8-6-5-7-12(13)18(17(21)23)19-15(22)14-10(2)11(3)24-16(14)20-18/h4-8,20H,1,9H2,2-3H3,(H,19,22)/t18-/m0/s1. The van der Waals surface area contributed by atoms with Crippen LogP contribution in [0.25, 0.3) is 0 Å². The Hall–Kier alpha value is -2.60. The van der Waals surface area contributed by atoms with Crippen molar-refractivity contribution < 1.29 is 9.59 Å². The van der Waals surface area contributed by atoms with Gasteiger partial charge in [-0.15, -0.1) is 17.9 Å². The van der Waals surface area contributed by atoms with Crippen LogP contribution < -0.4 is 15.5 Å². The van der Waals surface area contributed by atoms with Crippen LogP contribution in [0.2, 0.25) is 0 Å². The molecule has 1 atom stereocenters. The normalized spacial score (nSPS) is 21.3. The number of aryl methyl sites for hydroxylation is 1. The van der Waals surface area contributed by atoms with E-state index in [1.54, 1.807) is 11.0 Å². The highest BCUT2D eigenvalue weighted by Gasteiger charge is 2.54. The lowest BCUT2D eigenvalue weighted by Gasteiger charge is -2.35. The first-order chi connectivity index (χ1) is 11.5. The third-order valence-corrected chi connectivity index (χ3v) is 5.81. The fraction of sp³-hybridized carbons (Fsp3) is 0.222. The van der Waals surface area contributed by atoms with Crippen LogP contribution in [0.5, 0.6) is 0 Å². The molecular weight excluding hydrogens is 322 g/mol. The molecule has 6 heteroatoms. The smallest absolute Gasteiger partial charge is 0.278 e. The van der Waals surface area contributed by atoms with Gasteiger partial charge < -0.3 is 15.5 Å². The van der Waals surface area contributed by atoms with E-state index in [-0.39, 0.29) is 11.8 Å². The number of nitrogens with one attached hydrogen (secondary N) is 2. The maximum Gasteiger partial charge on any atom is 0.278 e. The summed E-state index contributed by atoms with van der Waals surface area (Å²) in [6.45, 7) is 8.03. The summed E-state index contributed by atoms with van der Waals surface area (Å²) in [5.41, 5.74) is 1.91. The van der Waals surface area contributed by atoms with Crippen molar-refractivity contribution in [3.05, 3.63) is 58.5 Å². The van der Waals surface area contributed by atoms with E-state index in [0.717, 1.165) is 26.7 Å². The predicted octanol–water partition coefficient (Wildman–Crippen LogP) is 2.91. The number of nitrogens with zero attached hydrogens (tertiary/aromatic N) is 1. The Labute approximate surface area is 144 Å². The van der Waals surface area contributed by atoms with Gasteiger partial charge in [0.1, 0.15) is 5.00 Å². The van der Waals surface area contributed by atoms with Crippen LogP contribution in [-0.4, -0.2) is 18.4 Å². The number of benzene rings is 1. The van der Waals surface area contributed by atoms with E-state index >= 15 is 0 Å². The van der Waals surface area contributed by atoms with E-state index in [9.17, 15) is 9.59 Å². The molecule has 0 radical (unpaired) electrons. The lowest BCUT2D eigenvalue weighted by atomic mass is 9.97. The summed E-state index contributed by atoms with van der Waals surface area (Å²) < 4.78 is 0. The van der Waals surface area contributed by atoms with Crippen molar-refractivity contribution in [2.24, 2.45) is 0 Å². The average molecular weight is 339 g/mol. The van der Waals surface area contributed by atoms with Gasteiger partial charge in [-0.1, -0.05) is 24.3 Å². The lowest BCUT2D eigenvalue weighted by Crippen LogP contribution is -2.60. The maximum absolute atomic E-state index is 13.2. The monoisotopic (exact) mass is 339 g/mol. The maximum atomic E-state index is 13.2. The van der Waals surface area contributed by atoms with Gasteiger partial charge in [0, 0.05) is 17.0 Å². The number of fused-ring (bicyclic) bond motifs is 3. The first kappa shape index (κ1) is 15.0. The van der Waals surface area contributed by atoms with Gasteiger partial charge in [0.2, 0.25) is 5.66 Å². The Balaban J connectivity index is 1.91. The van der Waals surface area contributed by atoms with Gasteiger partial charge in [0.05, 0.1) is 11.3 Å². The van der Waals surface area contributed by atoms with Crippen molar-refractivity contribution in [1.82, 2.24) is 5.32 Å². The van der Waals surface area contributed by atoms with Crippen LogP contribution in [0.1, 0.15) is 26.4 Å². The highest BCUT2D eigenvalue weighted by Crippen LogP contribution is 2.46. The van der Waals surface area contributed by atoms with Gasteiger partial charge in [0.25, 0.3) is 11.8 Å². The molecule has 0 saturated heterocycles. The number of carbonyl (C=O) groups excluding carboxylic acids is 2. The molecule has 3 heterocycles. The second-order valence-corrected chi connectivity index (χ2v) is 7.26. The minimum atomic E-state index is -1.24. The molecule has 1 aromatic heterocycles. The quantitative estimate of drug-likeness (QED) is 0.827. The molecule has 4 rings (SSSR count). The number of carbonyl (C=O) groups is 2. The van der Waals surface area contributed by atoms with E-state index in [1.165, 1.54) is 11.3 Å². The van der Waals surface area contributed by atoms with Gasteiger partial charge >= 0.3 is 0 Å². The molecule has 1 spiro atoms. The summed E-state index contributed by atoms with van der Waals surface area (Å²) in [5.74, 6) is -0.402. The van der Waals surface area contributed by atoms with Crippen molar-refractivity contribution >= 4 is 33.8 Å². The van der Waals surface area contributed by atoms with Crippen molar-refractivity contribution in [2.75, 3.05) is 16.8 Å². The first-order valence-corrected chi connectivity index (χ1v) is 8.54. The predicted molar refractivity (Wildman–Crippen MR) is 95.6 cm³/mol. The van der Waals surface area contributed by atoms with Gasteiger partial charge in [0.15, 0.2) is 0 Å². The molecule has 24 heavy (non-hydrogen) atoms. The molecule has 5 nitrogen and oxygen atoms in total. The topological polar surface area (TPSA) is 61.4 Å². The highest BCUT2D eigenvalue weighted by molar-refractivity contribution is 7.16. The van der Waals surface area contributed by atoms with Crippen LogP contribution in [0.4, 0.5) is 10.7 Å². The summed E-state index contributed by atoms with van der Waals surface area (Å²) in [7, 11) is 0. The van der Waals surface area contributed by atoms with Crippen LogP contribution in [0.15, 0.2) is 36.9 Å². The largest absolute Gasteiger partial charge is 0.342 e. The fourth-order valence-corrected chi connectivity index (χ4v) is 4.54. The van der Waals surface area contributed by atoms with Gasteiger partial charge in [-0.05, 0) is 25.5 Å². The van der Waals surface area contributed by atoms with Gasteiger partial charge in [-0.3, -0.25) is 9.59 Å². The number of thiophene rings is 1. The van der Waals surface area contributed by atoms with Crippen molar-refractivity contribution in [3.63, 3.8) is 0 Å². The summed E-state index contributed by atoms with van der Waals surface area (Å²) >= 11 is 1.51. The second-order valence-electron chi connectivity index (χ2n) is 6.04. The molecule has 1 aromatic carbocycles. The van der Waals surface area contributed by atoms with Crippen LogP contribution in [0.3, 0.4) is 0 Å². The fourth-order valence-electron chi connectivity index (χ4n) is 3.43. The Kier molecular flexibility index (Phi) is 3.08. The molecular formula is C18H17N3O2S. The van der Waals surface area contributed by atoms with E-state index < -0.39 is 5.66 Å². The van der Waals surface area contributed by atoms with E-state index in [1.807, 2.05) is 38.1 Å². The average Bonchev–Trinajstić information content (AvgIpc) is 2.96. The zero-order valence-electron chi connectivity index (χ0n) is 13.5. The number of para-hydroxylation sites is 1. The molecule has 0 bridgehead atoms. The van der Waals surface area contributed by atoms with Crippen LogP contribution in [-0.2, 0) is 10.5 Å². The SMILES string of the molecule is C=CCN1C(=O)[C@]2(NC(=O)c3c(sc(C)c3C)N2)c2ccccc21. The minimum absolute atomic E-state index is 0.189. The molecule has 2 N–H and O–H groups in total. The third kappa shape index (κ3) is 1.74. The van der Waals surface area contributed by atoms with Gasteiger partial charge in [-0.2, -0.15) is 0 Å². The zero-order chi connectivity index (χ0) is 17.1. The summed E-state index contributed by atoms with van der Waals surface area (Å²) in [6.07, 6.45) is 1.68. The summed E-state index contributed by atoms with van der Waals surface area (Å²) in [4.78, 5) is 28.7. The first-order valence-electron chi connectivity index (χ1n) is 7.72.